The van der Waals surface area contributed by atoms with Gasteiger partial charge in [0.15, 0.2) is 0 Å². The number of hydrogen-bond acceptors (Lipinski definition) is 2. The highest BCUT2D eigenvalue weighted by Crippen LogP contribution is 2.24. The average molecular weight is 306 g/mol. The van der Waals surface area contributed by atoms with Crippen molar-refractivity contribution in [2.45, 2.75) is 12.7 Å². The molecule has 0 saturated heterocycles. The van der Waals surface area contributed by atoms with Gasteiger partial charge < -0.3 is 4.57 Å². The van der Waals surface area contributed by atoms with Gasteiger partial charge in [-0.1, -0.05) is 0 Å². The summed E-state index contributed by atoms with van der Waals surface area (Å²) in [6.45, 7) is -1.06. The van der Waals surface area contributed by atoms with Crippen molar-refractivity contribution in [1.29, 1.82) is 0 Å². The largest absolute Gasteiger partial charge is 0.406 e. The first-order chi connectivity index (χ1) is 7.96. The highest BCUT2D eigenvalue weighted by atomic mass is 79.9. The molecule has 0 fully saturated rings. The molecular formula is C10H7BrF3N3. The molecule has 0 unspecified atom stereocenters. The van der Waals surface area contributed by atoms with Crippen LogP contribution in [0.3, 0.4) is 0 Å². The predicted molar refractivity (Wildman–Crippen MR) is 59.2 cm³/mol. The van der Waals surface area contributed by atoms with E-state index >= 15 is 0 Å². The molecule has 0 atom stereocenters. The van der Waals surface area contributed by atoms with E-state index in [-0.39, 0.29) is 5.82 Å². The maximum atomic E-state index is 12.3. The van der Waals surface area contributed by atoms with Crippen LogP contribution in [-0.2, 0) is 6.54 Å². The summed E-state index contributed by atoms with van der Waals surface area (Å²) in [4.78, 5) is 7.81. The van der Waals surface area contributed by atoms with Crippen LogP contribution in [0.2, 0.25) is 0 Å². The molecule has 0 aliphatic carbocycles. The summed E-state index contributed by atoms with van der Waals surface area (Å²) in [5.41, 5.74) is 0.536. The molecule has 90 valence electrons. The Morgan fingerprint density at radius 1 is 1.29 bits per heavy atom. The minimum atomic E-state index is -4.27. The van der Waals surface area contributed by atoms with Gasteiger partial charge >= 0.3 is 6.18 Å². The lowest BCUT2D eigenvalue weighted by Crippen LogP contribution is -2.17. The normalized spacial score (nSPS) is 11.8. The van der Waals surface area contributed by atoms with Crippen molar-refractivity contribution >= 4 is 15.9 Å². The Kier molecular flexibility index (Phi) is 3.19. The van der Waals surface area contributed by atoms with Gasteiger partial charge in [-0.3, -0.25) is 4.98 Å². The first-order valence-electron chi connectivity index (χ1n) is 4.64. The Morgan fingerprint density at radius 3 is 2.71 bits per heavy atom. The van der Waals surface area contributed by atoms with Crippen LogP contribution >= 0.6 is 15.9 Å². The smallest absolute Gasteiger partial charge is 0.322 e. The summed E-state index contributed by atoms with van der Waals surface area (Å²) in [5, 5.41) is 0. The molecule has 2 aromatic heterocycles. The Labute approximate surface area is 103 Å². The molecule has 0 aromatic carbocycles. The van der Waals surface area contributed by atoms with Gasteiger partial charge in [-0.2, -0.15) is 13.2 Å². The maximum absolute atomic E-state index is 12.3. The topological polar surface area (TPSA) is 30.7 Å². The van der Waals surface area contributed by atoms with Gasteiger partial charge in [-0.25, -0.2) is 4.98 Å². The molecule has 0 radical (unpaired) electrons. The maximum Gasteiger partial charge on any atom is 0.406 e. The van der Waals surface area contributed by atoms with Crippen LogP contribution in [0.4, 0.5) is 13.2 Å². The van der Waals surface area contributed by atoms with Gasteiger partial charge in [0, 0.05) is 34.8 Å². The molecule has 0 aliphatic rings. The quantitative estimate of drug-likeness (QED) is 0.852. The van der Waals surface area contributed by atoms with Crippen LogP contribution in [0.5, 0.6) is 0 Å². The van der Waals surface area contributed by atoms with E-state index in [1.54, 1.807) is 12.3 Å². The molecule has 0 saturated carbocycles. The minimum Gasteiger partial charge on any atom is -0.322 e. The number of aromatic nitrogens is 3. The Morgan fingerprint density at radius 2 is 2.06 bits per heavy atom. The van der Waals surface area contributed by atoms with Crippen LogP contribution in [0.1, 0.15) is 0 Å². The van der Waals surface area contributed by atoms with Crippen molar-refractivity contribution in [3.8, 4) is 11.4 Å². The van der Waals surface area contributed by atoms with Crippen molar-refractivity contribution in [2.75, 3.05) is 0 Å². The molecule has 7 heteroatoms. The summed E-state index contributed by atoms with van der Waals surface area (Å²) < 4.78 is 38.7. The summed E-state index contributed by atoms with van der Waals surface area (Å²) >= 11 is 3.21. The fourth-order valence-corrected chi connectivity index (χ4v) is 1.79. The highest BCUT2D eigenvalue weighted by molar-refractivity contribution is 9.10. The molecule has 2 aromatic rings. The minimum absolute atomic E-state index is 0.246. The fraction of sp³-hybridized carbons (Fsp3) is 0.200. The van der Waals surface area contributed by atoms with Crippen molar-refractivity contribution in [2.24, 2.45) is 0 Å². The lowest BCUT2D eigenvalue weighted by Gasteiger charge is -2.10. The average Bonchev–Trinajstić information content (AvgIpc) is 2.63. The van der Waals surface area contributed by atoms with Crippen LogP contribution in [0.15, 0.2) is 35.3 Å². The van der Waals surface area contributed by atoms with Crippen molar-refractivity contribution in [3.05, 3.63) is 35.3 Å². The standard InChI is InChI=1S/C10H7BrF3N3/c11-8-3-7(4-15-5-8)9-16-1-2-17(9)6-10(12,13)14/h1-5H,6H2. The van der Waals surface area contributed by atoms with E-state index in [1.165, 1.54) is 18.6 Å². The number of nitrogens with zero attached hydrogens (tertiary/aromatic N) is 3. The Balaban J connectivity index is 2.37. The monoisotopic (exact) mass is 305 g/mol. The molecule has 17 heavy (non-hydrogen) atoms. The third-order valence-corrected chi connectivity index (χ3v) is 2.46. The van der Waals surface area contributed by atoms with Crippen LogP contribution in [-0.4, -0.2) is 20.7 Å². The van der Waals surface area contributed by atoms with Crippen LogP contribution in [0.25, 0.3) is 11.4 Å². The number of rotatable bonds is 2. The number of imidazole rings is 1. The van der Waals surface area contributed by atoms with Crippen molar-refractivity contribution in [3.63, 3.8) is 0 Å². The van der Waals surface area contributed by atoms with Crippen LogP contribution in [0, 0.1) is 0 Å². The van der Waals surface area contributed by atoms with Gasteiger partial charge in [-0.15, -0.1) is 0 Å². The number of hydrogen-bond donors (Lipinski definition) is 0. The lowest BCUT2D eigenvalue weighted by molar-refractivity contribution is -0.140. The molecule has 2 heterocycles. The third kappa shape index (κ3) is 3.06. The zero-order chi connectivity index (χ0) is 12.5. The number of pyridine rings is 1. The molecule has 3 nitrogen and oxygen atoms in total. The molecule has 0 aliphatic heterocycles. The molecule has 0 amide bonds. The van der Waals surface area contributed by atoms with Crippen molar-refractivity contribution in [1.82, 2.24) is 14.5 Å². The predicted octanol–water partition coefficient (Wildman–Crippen LogP) is 3.27. The third-order valence-electron chi connectivity index (χ3n) is 2.03. The summed E-state index contributed by atoms with van der Waals surface area (Å²) in [7, 11) is 0. The first-order valence-corrected chi connectivity index (χ1v) is 5.44. The van der Waals surface area contributed by atoms with E-state index < -0.39 is 12.7 Å². The zero-order valence-corrected chi connectivity index (χ0v) is 10.0. The summed E-state index contributed by atoms with van der Waals surface area (Å²) in [6.07, 6.45) is 1.39. The van der Waals surface area contributed by atoms with E-state index in [4.69, 9.17) is 0 Å². The van der Waals surface area contributed by atoms with Gasteiger partial charge in [-0.05, 0) is 22.0 Å². The van der Waals surface area contributed by atoms with Gasteiger partial charge in [0.25, 0.3) is 0 Å². The molecular weight excluding hydrogens is 299 g/mol. The van der Waals surface area contributed by atoms with E-state index in [1.807, 2.05) is 0 Å². The lowest BCUT2D eigenvalue weighted by atomic mass is 10.3. The number of alkyl halides is 3. The Hall–Kier alpha value is -1.37. The van der Waals surface area contributed by atoms with Gasteiger partial charge in [0.1, 0.15) is 12.4 Å². The highest BCUT2D eigenvalue weighted by Gasteiger charge is 2.29. The van der Waals surface area contributed by atoms with Crippen molar-refractivity contribution < 1.29 is 13.2 Å². The second kappa shape index (κ2) is 4.48. The zero-order valence-electron chi connectivity index (χ0n) is 8.45. The molecule has 0 spiro atoms. The molecule has 0 bridgehead atoms. The summed E-state index contributed by atoms with van der Waals surface area (Å²) in [6, 6.07) is 1.67. The molecule has 2 rings (SSSR count). The second-order valence-electron chi connectivity index (χ2n) is 3.39. The second-order valence-corrected chi connectivity index (χ2v) is 4.30. The SMILES string of the molecule is FC(F)(F)Cn1ccnc1-c1cncc(Br)c1. The van der Waals surface area contributed by atoms with E-state index in [2.05, 4.69) is 25.9 Å². The van der Waals surface area contributed by atoms with Gasteiger partial charge in [0.2, 0.25) is 0 Å². The van der Waals surface area contributed by atoms with E-state index in [0.29, 0.717) is 10.0 Å². The number of halogens is 4. The molecule has 0 N–H and O–H groups in total. The van der Waals surface area contributed by atoms with Gasteiger partial charge in [0.05, 0.1) is 0 Å². The van der Waals surface area contributed by atoms with E-state index in [0.717, 1.165) is 4.57 Å². The van der Waals surface area contributed by atoms with E-state index in [9.17, 15) is 13.2 Å². The first kappa shape index (κ1) is 12.1. The Bertz CT molecular complexity index is 522. The van der Waals surface area contributed by atoms with Crippen LogP contribution < -0.4 is 0 Å². The summed E-state index contributed by atoms with van der Waals surface area (Å²) in [5.74, 6) is 0.246. The fourth-order valence-electron chi connectivity index (χ4n) is 1.42.